The van der Waals surface area contributed by atoms with E-state index in [-0.39, 0.29) is 67.5 Å². The zero-order chi connectivity index (χ0) is 47.8. The minimum Gasteiger partial charge on any atom is -0.462 e. The van der Waals surface area contributed by atoms with Crippen molar-refractivity contribution in [2.75, 3.05) is 20.8 Å². The predicted molar refractivity (Wildman–Crippen MR) is 240 cm³/mol. The first-order valence-electron chi connectivity index (χ1n) is 24.2. The zero-order valence-corrected chi connectivity index (χ0v) is 40.8. The molecule has 0 radical (unpaired) electrons. The number of ether oxygens (including phenoxy) is 10. The molecule has 4 N–H and O–H groups in total. The van der Waals surface area contributed by atoms with Crippen molar-refractivity contribution in [2.24, 2.45) is 23.7 Å². The van der Waals surface area contributed by atoms with Gasteiger partial charge in [-0.25, -0.2) is 0 Å². The predicted octanol–water partition coefficient (Wildman–Crippen LogP) is 4.72. The number of allylic oxidation sites excluding steroid dienone is 2. The van der Waals surface area contributed by atoms with Crippen molar-refractivity contribution in [1.82, 2.24) is 5.32 Å². The fraction of sp³-hybridized carbons (Fsp3) is 0.800. The first-order chi connectivity index (χ1) is 31.3. The number of fused-ring (bicyclic) bond motifs is 2. The van der Waals surface area contributed by atoms with Crippen molar-refractivity contribution in [2.45, 2.75) is 211 Å². The van der Waals surface area contributed by atoms with Crippen molar-refractivity contribution >= 4 is 11.9 Å². The van der Waals surface area contributed by atoms with Gasteiger partial charge in [-0.3, -0.25) is 9.59 Å². The molecule has 0 saturated carbocycles. The molecule has 66 heavy (non-hydrogen) atoms. The molecule has 1 spiro atoms. The van der Waals surface area contributed by atoms with Crippen LogP contribution in [-0.2, 0) is 57.0 Å². The van der Waals surface area contributed by atoms with E-state index in [0.717, 1.165) is 12.0 Å². The summed E-state index contributed by atoms with van der Waals surface area (Å²) in [6.45, 7) is 17.3. The van der Waals surface area contributed by atoms with Gasteiger partial charge in [-0.2, -0.15) is 0 Å². The van der Waals surface area contributed by atoms with Crippen LogP contribution in [0.3, 0.4) is 0 Å². The van der Waals surface area contributed by atoms with Gasteiger partial charge >= 0.3 is 5.97 Å². The maximum Gasteiger partial charge on any atom is 0.316 e. The Bertz CT molecular complexity index is 1840. The van der Waals surface area contributed by atoms with Crippen molar-refractivity contribution in [1.29, 1.82) is 0 Å². The van der Waals surface area contributed by atoms with Crippen LogP contribution in [0.15, 0.2) is 47.1 Å². The molecular formula is C50H77NO15. The number of carbonyl (C=O) groups is 2. The summed E-state index contributed by atoms with van der Waals surface area (Å²) in [4.78, 5) is 26.3. The van der Waals surface area contributed by atoms with Crippen LogP contribution in [-0.4, -0.2) is 151 Å². The van der Waals surface area contributed by atoms with Gasteiger partial charge in [0.2, 0.25) is 5.91 Å². The number of hydrogen-bond donors (Lipinski definition) is 4. The Morgan fingerprint density at radius 2 is 1.64 bits per heavy atom. The van der Waals surface area contributed by atoms with Crippen LogP contribution < -0.4 is 5.32 Å². The number of aliphatic hydroxyl groups is 3. The molecule has 6 heterocycles. The first-order valence-corrected chi connectivity index (χ1v) is 24.2. The second kappa shape index (κ2) is 21.2. The van der Waals surface area contributed by atoms with Gasteiger partial charge in [-0.05, 0) is 56.8 Å². The fourth-order valence-corrected chi connectivity index (χ4v) is 11.4. The van der Waals surface area contributed by atoms with E-state index in [1.54, 1.807) is 33.3 Å². The van der Waals surface area contributed by atoms with E-state index in [1.807, 2.05) is 46.8 Å². The van der Waals surface area contributed by atoms with E-state index < -0.39 is 90.8 Å². The summed E-state index contributed by atoms with van der Waals surface area (Å²) in [5.41, 5.74) is 0.00593. The van der Waals surface area contributed by atoms with Gasteiger partial charge in [0.15, 0.2) is 18.4 Å². The monoisotopic (exact) mass is 932 g/mol. The number of hydrogen-bond acceptors (Lipinski definition) is 15. The van der Waals surface area contributed by atoms with E-state index in [2.05, 4.69) is 25.2 Å². The molecule has 2 bridgehead atoms. The third-order valence-electron chi connectivity index (χ3n) is 15.4. The molecule has 1 aliphatic carbocycles. The molecule has 0 aromatic heterocycles. The molecule has 0 aromatic carbocycles. The molecule has 5 fully saturated rings. The van der Waals surface area contributed by atoms with Gasteiger partial charge in [0.25, 0.3) is 0 Å². The number of carbonyl (C=O) groups excluding carboxylic acids is 2. The van der Waals surface area contributed by atoms with Crippen molar-refractivity contribution < 1.29 is 72.3 Å². The molecule has 16 nitrogen and oxygen atoms in total. The van der Waals surface area contributed by atoms with E-state index in [4.69, 9.17) is 47.4 Å². The second-order valence-electron chi connectivity index (χ2n) is 20.2. The molecule has 7 rings (SSSR count). The fourth-order valence-electron chi connectivity index (χ4n) is 11.4. The van der Waals surface area contributed by atoms with Gasteiger partial charge < -0.3 is 68.0 Å². The summed E-state index contributed by atoms with van der Waals surface area (Å²) in [6.07, 6.45) is 3.92. The summed E-state index contributed by atoms with van der Waals surface area (Å²) < 4.78 is 64.4. The highest BCUT2D eigenvalue weighted by Crippen LogP contribution is 2.48. The topological polar surface area (TPSA) is 199 Å². The number of rotatable bonds is 9. The third-order valence-corrected chi connectivity index (χ3v) is 15.4. The average molecular weight is 932 g/mol. The van der Waals surface area contributed by atoms with Crippen LogP contribution in [0.4, 0.5) is 0 Å². The molecule has 5 saturated heterocycles. The lowest BCUT2D eigenvalue weighted by Gasteiger charge is -2.52. The Hall–Kier alpha value is -2.58. The lowest BCUT2D eigenvalue weighted by atomic mass is 9.71. The van der Waals surface area contributed by atoms with Crippen LogP contribution >= 0.6 is 0 Å². The summed E-state index contributed by atoms with van der Waals surface area (Å²) >= 11 is 0. The Balaban J connectivity index is 1.17. The minimum atomic E-state index is -1.87. The minimum absolute atomic E-state index is 0.00629. The summed E-state index contributed by atoms with van der Waals surface area (Å²) in [5, 5.41) is 38.2. The van der Waals surface area contributed by atoms with Gasteiger partial charge in [-0.1, -0.05) is 64.5 Å². The van der Waals surface area contributed by atoms with Crippen LogP contribution in [0.25, 0.3) is 0 Å². The zero-order valence-electron chi connectivity index (χ0n) is 40.8. The van der Waals surface area contributed by atoms with E-state index in [1.165, 1.54) is 6.92 Å². The molecule has 0 aromatic rings. The molecule has 2 unspecified atom stereocenters. The van der Waals surface area contributed by atoms with E-state index in [0.29, 0.717) is 36.8 Å². The third kappa shape index (κ3) is 10.6. The Morgan fingerprint density at radius 1 is 0.939 bits per heavy atom. The maximum atomic E-state index is 14.4. The Kier molecular flexibility index (Phi) is 16.5. The molecule has 372 valence electrons. The number of methoxy groups -OCH3 is 2. The van der Waals surface area contributed by atoms with Crippen molar-refractivity contribution in [3.05, 3.63) is 47.1 Å². The highest BCUT2D eigenvalue weighted by atomic mass is 16.7. The van der Waals surface area contributed by atoms with Gasteiger partial charge in [0, 0.05) is 65.1 Å². The molecule has 1 amide bonds. The second-order valence-corrected chi connectivity index (χ2v) is 20.2. The maximum absolute atomic E-state index is 14.4. The lowest BCUT2D eigenvalue weighted by Crippen LogP contribution is -2.60. The average Bonchev–Trinajstić information content (AvgIpc) is 3.61. The van der Waals surface area contributed by atoms with Crippen molar-refractivity contribution in [3.8, 4) is 0 Å². The van der Waals surface area contributed by atoms with Gasteiger partial charge in [0.1, 0.15) is 35.9 Å². The number of nitrogens with one attached hydrogen (secondary N) is 1. The Labute approximate surface area is 390 Å². The van der Waals surface area contributed by atoms with Crippen molar-refractivity contribution in [3.63, 3.8) is 0 Å². The number of amides is 1. The standard InChI is InChI=1S/C50H77NO15/c1-12-25(2)45-29(6)37(53)23-49(66-45)22-35-19-34(65-49)17-16-27(4)44(26(3)14-13-15-33-24-59-47-43(54)28(5)18-36(48(55)62-35)50(33,47)56)63-41-21-39(58-11)46(31(8)61-41)64-40-20-38(57-10)42(30(7)60-40)51-32(9)52/h13-16,18,25-26,29-31,34-47,53-54,56H,12,17,19-24H2,1-11H3,(H,51,52)/b14-13+,27-16+,33-15+/t25?,26-,29-,30-,31-,34+,35-,36-,37?,38-,39-,40-,41-,42+,43+,44-,45+,46-,47+,49-,50+/m0/s1. The lowest BCUT2D eigenvalue weighted by molar-refractivity contribution is -0.354. The van der Waals surface area contributed by atoms with Crippen LogP contribution in [0, 0.1) is 23.7 Å². The summed E-state index contributed by atoms with van der Waals surface area (Å²) in [5.74, 6) is -3.38. The van der Waals surface area contributed by atoms with Gasteiger partial charge in [-0.15, -0.1) is 0 Å². The van der Waals surface area contributed by atoms with Crippen LogP contribution in [0.5, 0.6) is 0 Å². The van der Waals surface area contributed by atoms with Crippen LogP contribution in [0.2, 0.25) is 0 Å². The molecule has 21 atom stereocenters. The first kappa shape index (κ1) is 51.3. The number of esters is 1. The molecular weight excluding hydrogens is 855 g/mol. The smallest absolute Gasteiger partial charge is 0.316 e. The highest BCUT2D eigenvalue weighted by molar-refractivity contribution is 5.78. The Morgan fingerprint density at radius 3 is 2.33 bits per heavy atom. The number of aliphatic hydroxyl groups excluding tert-OH is 2. The summed E-state index contributed by atoms with van der Waals surface area (Å²) in [6, 6.07) is -0.323. The van der Waals surface area contributed by atoms with E-state index in [9.17, 15) is 24.9 Å². The molecule has 7 aliphatic rings. The quantitative estimate of drug-likeness (QED) is 0.183. The van der Waals surface area contributed by atoms with E-state index >= 15 is 0 Å². The largest absolute Gasteiger partial charge is 0.462 e. The SMILES string of the molecule is CCC(C)[C@H]1O[C@]2(CC(O)[C@@H]1C)C[C@@H]1C[C@@H](C/C=C(\C)[C@@H](O[C@H]3C[C@H](OC)[C@@H](O[C@H]4C[C@H](OC)[C@H](NC(C)=O)[C@H](C)O4)[C@H](C)O3)[C@@H](C)/C=C/C=C3\CO[C@@H]4[C@H](O)C(C)=C[C@@H](C(=O)O1)[C@]34O)O2. The van der Waals surface area contributed by atoms with Gasteiger partial charge in [0.05, 0.1) is 61.5 Å². The van der Waals surface area contributed by atoms with Crippen LogP contribution in [0.1, 0.15) is 107 Å². The molecule has 6 aliphatic heterocycles. The normalized spacial score (nSPS) is 48.2. The summed E-state index contributed by atoms with van der Waals surface area (Å²) in [7, 11) is 3.25. The molecule has 16 heteroatoms. The highest BCUT2D eigenvalue weighted by Gasteiger charge is 2.60.